The summed E-state index contributed by atoms with van der Waals surface area (Å²) < 4.78 is 5.74. The summed E-state index contributed by atoms with van der Waals surface area (Å²) in [5, 5.41) is 0. The maximum absolute atomic E-state index is 7.01. The first-order valence-electron chi connectivity index (χ1n) is 9.37. The van der Waals surface area contributed by atoms with E-state index in [1.165, 1.54) is 48.6 Å². The van der Waals surface area contributed by atoms with E-state index < -0.39 is 15.3 Å². The van der Waals surface area contributed by atoms with Crippen LogP contribution in [0.5, 0.6) is 0 Å². The fourth-order valence-electron chi connectivity index (χ4n) is 3.42. The Bertz CT molecular complexity index is 1050. The van der Waals surface area contributed by atoms with Gasteiger partial charge in [-0.1, -0.05) is 0 Å². The molecule has 0 N–H and O–H groups in total. The molecule has 0 atom stereocenters. The van der Waals surface area contributed by atoms with Crippen molar-refractivity contribution in [2.24, 2.45) is 0 Å². The number of rotatable bonds is 4. The Morgan fingerprint density at radius 2 is 1.14 bits per heavy atom. The summed E-state index contributed by atoms with van der Waals surface area (Å²) in [6, 6.07) is 9.06. The van der Waals surface area contributed by atoms with Crippen molar-refractivity contribution in [1.82, 2.24) is 9.13 Å². The predicted molar refractivity (Wildman–Crippen MR) is 118 cm³/mol. The first kappa shape index (κ1) is 21.1. The van der Waals surface area contributed by atoms with Gasteiger partial charge in [0, 0.05) is 0 Å². The van der Waals surface area contributed by atoms with Gasteiger partial charge in [-0.3, -0.25) is 0 Å². The van der Waals surface area contributed by atoms with Gasteiger partial charge in [0.05, 0.1) is 0 Å². The molecule has 0 fully saturated rings. The second-order valence-corrected chi connectivity index (χ2v) is 11.7. The van der Waals surface area contributed by atoms with Gasteiger partial charge in [-0.2, -0.15) is 0 Å². The van der Waals surface area contributed by atoms with Crippen LogP contribution in [0.25, 0.3) is 11.4 Å². The van der Waals surface area contributed by atoms with Gasteiger partial charge in [-0.15, -0.1) is 0 Å². The van der Waals surface area contributed by atoms with Crippen LogP contribution in [0.2, 0.25) is 4.89 Å². The molecule has 0 aliphatic heterocycles. The summed E-state index contributed by atoms with van der Waals surface area (Å²) >= 11 is -1.49. The zero-order valence-corrected chi connectivity index (χ0v) is 19.9. The van der Waals surface area contributed by atoms with Gasteiger partial charge in [0.2, 0.25) is 0 Å². The summed E-state index contributed by atoms with van der Waals surface area (Å²) in [7, 11) is 7.01. The fourth-order valence-corrected chi connectivity index (χ4v) is 6.61. The van der Waals surface area contributed by atoms with Crippen molar-refractivity contribution >= 4 is 9.53 Å². The monoisotopic (exact) mass is 486 g/mol. The van der Waals surface area contributed by atoms with Gasteiger partial charge in [0.25, 0.3) is 0 Å². The first-order valence-corrected chi connectivity index (χ1v) is 13.2. The van der Waals surface area contributed by atoms with E-state index in [4.69, 9.17) is 9.53 Å². The van der Waals surface area contributed by atoms with Crippen LogP contribution in [0, 0.1) is 45.4 Å². The van der Waals surface area contributed by atoms with Gasteiger partial charge in [-0.05, 0) is 0 Å². The summed E-state index contributed by atoms with van der Waals surface area (Å²) in [5.74, 6) is 0. The molecule has 1 aromatic heterocycles. The van der Waals surface area contributed by atoms with Gasteiger partial charge >= 0.3 is 178 Å². The van der Waals surface area contributed by atoms with Crippen LogP contribution in [-0.4, -0.2) is 9.13 Å². The molecule has 0 saturated carbocycles. The average molecular weight is 487 g/mol. The maximum atomic E-state index is 7.01. The number of hydrogen-bond acceptors (Lipinski definition) is 0. The van der Waals surface area contributed by atoms with Gasteiger partial charge in [-0.25, -0.2) is 0 Å². The zero-order valence-electron chi connectivity index (χ0n) is 17.5. The van der Waals surface area contributed by atoms with E-state index in [0.29, 0.717) is 0 Å². The summed E-state index contributed by atoms with van der Waals surface area (Å²) in [4.78, 5) is 0.824. The number of imidazole rings is 1. The Morgan fingerprint density at radius 3 is 1.54 bits per heavy atom. The molecular formula is C24H29ClN2Pd. The number of benzene rings is 2. The van der Waals surface area contributed by atoms with Crippen molar-refractivity contribution in [2.75, 3.05) is 0 Å². The normalized spacial score (nSPS) is 11.6. The molecular weight excluding hydrogens is 458 g/mol. The van der Waals surface area contributed by atoms with Crippen LogP contribution in [0.3, 0.4) is 0 Å². The average Bonchev–Trinajstić information content (AvgIpc) is 3.06. The molecule has 3 rings (SSSR count). The molecule has 0 unspecified atom stereocenters. The van der Waals surface area contributed by atoms with Gasteiger partial charge in [0.15, 0.2) is 0 Å². The van der Waals surface area contributed by atoms with E-state index in [2.05, 4.69) is 93.9 Å². The van der Waals surface area contributed by atoms with Crippen molar-refractivity contribution in [2.45, 2.75) is 46.4 Å². The molecule has 0 spiro atoms. The quantitative estimate of drug-likeness (QED) is 0.276. The molecule has 0 amide bonds. The molecule has 0 bridgehead atoms. The second-order valence-electron chi connectivity index (χ2n) is 7.40. The van der Waals surface area contributed by atoms with Gasteiger partial charge < -0.3 is 0 Å². The Balaban J connectivity index is 2.38. The van der Waals surface area contributed by atoms with Crippen LogP contribution in [0.4, 0.5) is 0 Å². The summed E-state index contributed by atoms with van der Waals surface area (Å²) in [5.41, 5.74) is 10.1. The number of nitrogens with zero attached hydrogens (tertiary/aromatic N) is 2. The predicted octanol–water partition coefficient (Wildman–Crippen LogP) is 7.03. The molecule has 2 aromatic carbocycles. The fraction of sp³-hybridized carbons (Fsp3) is 0.292. The zero-order chi connectivity index (χ0) is 20.6. The van der Waals surface area contributed by atoms with Crippen LogP contribution in [-0.2, 0) is 15.3 Å². The Kier molecular flexibility index (Phi) is 6.30. The van der Waals surface area contributed by atoms with Crippen LogP contribution in [0.15, 0.2) is 49.3 Å². The van der Waals surface area contributed by atoms with Crippen molar-refractivity contribution in [3.05, 3.63) is 86.6 Å². The number of allylic oxidation sites excluding steroid dienone is 1. The molecule has 28 heavy (non-hydrogen) atoms. The van der Waals surface area contributed by atoms with E-state index in [1.807, 2.05) is 6.08 Å². The SMILES string of the molecule is C=C[CH2][Pd]([Cl])=[c]1n(-c2cc(C)c(C)cc2C)ccn1-c1cc(C)c(C)cc1C. The molecule has 1 heterocycles. The van der Waals surface area contributed by atoms with Crippen molar-refractivity contribution in [3.8, 4) is 11.4 Å². The molecule has 0 saturated heterocycles. The molecule has 0 aliphatic carbocycles. The standard InChI is InChI=1S/C21H24N2.C3H5.ClH.Pd/c1-14-9-18(5)20(11-16(14)3)22-7-8-23(13-22)21-12-17(4)15(2)10-19(21)6;1-3-2;;/h7-12H,1-6H3;3H,1-2H2;1H;/q;;;+1/p-1. The number of aromatic nitrogens is 2. The minimum absolute atomic E-state index is 0.824. The molecule has 2 nitrogen and oxygen atoms in total. The third kappa shape index (κ3) is 3.90. The van der Waals surface area contributed by atoms with E-state index in [-0.39, 0.29) is 0 Å². The third-order valence-electron chi connectivity index (χ3n) is 5.23. The Hall–Kier alpha value is -1.66. The molecule has 0 radical (unpaired) electrons. The first-order chi connectivity index (χ1) is 13.2. The topological polar surface area (TPSA) is 9.86 Å². The van der Waals surface area contributed by atoms with E-state index in [9.17, 15) is 0 Å². The van der Waals surface area contributed by atoms with Crippen molar-refractivity contribution in [3.63, 3.8) is 0 Å². The molecule has 4 heteroatoms. The molecule has 0 aliphatic rings. The van der Waals surface area contributed by atoms with Crippen LogP contribution in [0.1, 0.15) is 33.4 Å². The molecule has 3 aromatic rings. The third-order valence-corrected chi connectivity index (χ3v) is 8.95. The summed E-state index contributed by atoms with van der Waals surface area (Å²) in [6.45, 7) is 16.9. The van der Waals surface area contributed by atoms with Crippen LogP contribution < -0.4 is 0 Å². The second kappa shape index (κ2) is 8.38. The number of hydrogen-bond donors (Lipinski definition) is 0. The van der Waals surface area contributed by atoms with E-state index in [0.717, 1.165) is 4.89 Å². The minimum atomic E-state index is -1.49. The number of aryl methyl sites for hydroxylation is 6. The van der Waals surface area contributed by atoms with Crippen molar-refractivity contribution < 1.29 is 15.3 Å². The van der Waals surface area contributed by atoms with Crippen LogP contribution >= 0.6 is 9.53 Å². The molecule has 152 valence electrons. The Labute approximate surface area is 177 Å². The van der Waals surface area contributed by atoms with E-state index in [1.54, 1.807) is 0 Å². The van der Waals surface area contributed by atoms with Gasteiger partial charge in [0.1, 0.15) is 0 Å². The number of halogens is 1. The Morgan fingerprint density at radius 1 is 0.750 bits per heavy atom. The summed E-state index contributed by atoms with van der Waals surface area (Å²) in [6.07, 6.45) is 6.25. The van der Waals surface area contributed by atoms with Crippen molar-refractivity contribution in [1.29, 1.82) is 0 Å². The van der Waals surface area contributed by atoms with E-state index >= 15 is 0 Å².